The van der Waals surface area contributed by atoms with Gasteiger partial charge in [-0.3, -0.25) is 4.90 Å². The van der Waals surface area contributed by atoms with Crippen LogP contribution in [0.15, 0.2) is 12.1 Å². The highest BCUT2D eigenvalue weighted by Gasteiger charge is 2.07. The van der Waals surface area contributed by atoms with E-state index in [4.69, 9.17) is 0 Å². The molecule has 1 rings (SSSR count). The fraction of sp³-hybridized carbons (Fsp3) is 0.538. The third-order valence-corrected chi connectivity index (χ3v) is 2.86. The van der Waals surface area contributed by atoms with Crippen LogP contribution < -0.4 is 0 Å². The molecule has 0 aliphatic carbocycles. The second-order valence-electron chi connectivity index (χ2n) is 4.59. The molecular formula is C13H21NO. The highest BCUT2D eigenvalue weighted by Crippen LogP contribution is 2.23. The molecule has 0 bridgehead atoms. The van der Waals surface area contributed by atoms with Gasteiger partial charge in [0.25, 0.3) is 0 Å². The van der Waals surface area contributed by atoms with Crippen molar-refractivity contribution in [2.75, 3.05) is 7.05 Å². The molecule has 0 atom stereocenters. The van der Waals surface area contributed by atoms with Crippen molar-refractivity contribution in [3.8, 4) is 5.75 Å². The Bertz CT molecular complexity index is 321. The van der Waals surface area contributed by atoms with Crippen LogP contribution in [0.3, 0.4) is 0 Å². The summed E-state index contributed by atoms with van der Waals surface area (Å²) in [5, 5.41) is 9.66. The van der Waals surface area contributed by atoms with Crippen molar-refractivity contribution in [3.63, 3.8) is 0 Å². The Kier molecular flexibility index (Phi) is 3.75. The molecule has 1 N–H and O–H groups in total. The molecule has 0 radical (unpaired) electrons. The van der Waals surface area contributed by atoms with Gasteiger partial charge in [0.15, 0.2) is 0 Å². The van der Waals surface area contributed by atoms with Crippen molar-refractivity contribution in [2.24, 2.45) is 0 Å². The third kappa shape index (κ3) is 2.96. The molecule has 1 aromatic carbocycles. The molecule has 0 amide bonds. The lowest BCUT2D eigenvalue weighted by Crippen LogP contribution is -2.25. The van der Waals surface area contributed by atoms with Crippen molar-refractivity contribution >= 4 is 0 Å². The molecule has 0 heterocycles. The van der Waals surface area contributed by atoms with Crippen molar-refractivity contribution < 1.29 is 5.11 Å². The number of hydrogen-bond donors (Lipinski definition) is 1. The molecule has 15 heavy (non-hydrogen) atoms. The highest BCUT2D eigenvalue weighted by atomic mass is 16.3. The first-order valence-corrected chi connectivity index (χ1v) is 5.41. The molecule has 0 aliphatic rings. The van der Waals surface area contributed by atoms with Gasteiger partial charge in [-0.05, 0) is 51.4 Å². The van der Waals surface area contributed by atoms with E-state index in [-0.39, 0.29) is 0 Å². The Hall–Kier alpha value is -1.02. The lowest BCUT2D eigenvalue weighted by atomic mass is 10.1. The summed E-state index contributed by atoms with van der Waals surface area (Å²) in [6, 6.07) is 4.65. The standard InChI is InChI=1S/C13H21NO/c1-9(2)14(5)8-12-6-10(3)13(15)11(4)7-12/h6-7,9,15H,8H2,1-5H3. The molecule has 0 unspecified atom stereocenters. The molecule has 0 saturated heterocycles. The second-order valence-corrected chi connectivity index (χ2v) is 4.59. The molecule has 1 aromatic rings. The van der Waals surface area contributed by atoms with Crippen LogP contribution in [0, 0.1) is 13.8 Å². The molecular weight excluding hydrogens is 186 g/mol. The molecule has 0 aliphatic heterocycles. The predicted octanol–water partition coefficient (Wildman–Crippen LogP) is 2.85. The minimum Gasteiger partial charge on any atom is -0.507 e. The molecule has 84 valence electrons. The average Bonchev–Trinajstić information content (AvgIpc) is 2.13. The van der Waals surface area contributed by atoms with Crippen LogP contribution in [0.1, 0.15) is 30.5 Å². The normalized spacial score (nSPS) is 11.4. The number of aryl methyl sites for hydroxylation is 2. The maximum atomic E-state index is 9.66. The van der Waals surface area contributed by atoms with E-state index in [2.05, 4.69) is 37.9 Å². The monoisotopic (exact) mass is 207 g/mol. The van der Waals surface area contributed by atoms with E-state index in [1.165, 1.54) is 5.56 Å². The minimum absolute atomic E-state index is 0.422. The van der Waals surface area contributed by atoms with Crippen molar-refractivity contribution in [1.82, 2.24) is 4.90 Å². The van der Waals surface area contributed by atoms with E-state index in [0.29, 0.717) is 11.8 Å². The van der Waals surface area contributed by atoms with E-state index in [1.54, 1.807) is 0 Å². The van der Waals surface area contributed by atoms with Crippen LogP contribution in [0.5, 0.6) is 5.75 Å². The Labute approximate surface area is 92.5 Å². The largest absolute Gasteiger partial charge is 0.507 e. The zero-order valence-electron chi connectivity index (χ0n) is 10.3. The van der Waals surface area contributed by atoms with Crippen LogP contribution >= 0.6 is 0 Å². The average molecular weight is 207 g/mol. The maximum Gasteiger partial charge on any atom is 0.121 e. The number of rotatable bonds is 3. The number of aromatic hydroxyl groups is 1. The zero-order chi connectivity index (χ0) is 11.6. The molecule has 0 spiro atoms. The number of hydrogen-bond acceptors (Lipinski definition) is 2. The lowest BCUT2D eigenvalue weighted by molar-refractivity contribution is 0.265. The van der Waals surface area contributed by atoms with Gasteiger partial charge >= 0.3 is 0 Å². The SMILES string of the molecule is Cc1cc(CN(C)C(C)C)cc(C)c1O. The maximum absolute atomic E-state index is 9.66. The summed E-state index contributed by atoms with van der Waals surface area (Å²) in [5.41, 5.74) is 3.18. The van der Waals surface area contributed by atoms with E-state index < -0.39 is 0 Å². The number of nitrogens with zero attached hydrogens (tertiary/aromatic N) is 1. The summed E-state index contributed by atoms with van der Waals surface area (Å²) < 4.78 is 0. The summed E-state index contributed by atoms with van der Waals surface area (Å²) in [6.45, 7) is 9.18. The van der Waals surface area contributed by atoms with Crippen molar-refractivity contribution in [2.45, 2.75) is 40.3 Å². The summed E-state index contributed by atoms with van der Waals surface area (Å²) in [5.74, 6) is 0.422. The highest BCUT2D eigenvalue weighted by molar-refractivity contribution is 5.42. The van der Waals surface area contributed by atoms with Gasteiger partial charge < -0.3 is 5.11 Å². The number of phenols is 1. The molecule has 0 aromatic heterocycles. The molecule has 2 heteroatoms. The van der Waals surface area contributed by atoms with E-state index in [0.717, 1.165) is 17.7 Å². The quantitative estimate of drug-likeness (QED) is 0.824. The minimum atomic E-state index is 0.422. The predicted molar refractivity (Wildman–Crippen MR) is 64.2 cm³/mol. The fourth-order valence-corrected chi connectivity index (χ4v) is 1.61. The number of benzene rings is 1. The Morgan fingerprint density at radius 2 is 1.67 bits per heavy atom. The van der Waals surface area contributed by atoms with Gasteiger partial charge in [-0.2, -0.15) is 0 Å². The zero-order valence-corrected chi connectivity index (χ0v) is 10.3. The van der Waals surface area contributed by atoms with Gasteiger partial charge in [0.1, 0.15) is 5.75 Å². The van der Waals surface area contributed by atoms with Crippen LogP contribution in [0.25, 0.3) is 0 Å². The first-order chi connectivity index (χ1) is 6.91. The van der Waals surface area contributed by atoms with E-state index in [9.17, 15) is 5.11 Å². The lowest BCUT2D eigenvalue weighted by Gasteiger charge is -2.21. The fourth-order valence-electron chi connectivity index (χ4n) is 1.61. The summed E-state index contributed by atoms with van der Waals surface area (Å²) in [7, 11) is 2.11. The van der Waals surface area contributed by atoms with Gasteiger partial charge in [-0.1, -0.05) is 12.1 Å². The van der Waals surface area contributed by atoms with Crippen LogP contribution in [0.4, 0.5) is 0 Å². The van der Waals surface area contributed by atoms with Gasteiger partial charge in [0, 0.05) is 12.6 Å². The second kappa shape index (κ2) is 4.67. The topological polar surface area (TPSA) is 23.5 Å². The first-order valence-electron chi connectivity index (χ1n) is 5.41. The Morgan fingerprint density at radius 1 is 1.20 bits per heavy atom. The van der Waals surface area contributed by atoms with E-state index >= 15 is 0 Å². The summed E-state index contributed by atoms with van der Waals surface area (Å²) in [4.78, 5) is 2.28. The first kappa shape index (κ1) is 12.1. The third-order valence-electron chi connectivity index (χ3n) is 2.86. The van der Waals surface area contributed by atoms with Gasteiger partial charge in [-0.25, -0.2) is 0 Å². The van der Waals surface area contributed by atoms with Gasteiger partial charge in [-0.15, -0.1) is 0 Å². The van der Waals surface area contributed by atoms with Gasteiger partial charge in [0.05, 0.1) is 0 Å². The Morgan fingerprint density at radius 3 is 2.07 bits per heavy atom. The van der Waals surface area contributed by atoms with Gasteiger partial charge in [0.2, 0.25) is 0 Å². The van der Waals surface area contributed by atoms with Crippen molar-refractivity contribution in [3.05, 3.63) is 28.8 Å². The van der Waals surface area contributed by atoms with Crippen LogP contribution in [0.2, 0.25) is 0 Å². The van der Waals surface area contributed by atoms with Crippen LogP contribution in [-0.4, -0.2) is 23.1 Å². The molecule has 0 saturated carbocycles. The number of phenolic OH excluding ortho intramolecular Hbond substituents is 1. The summed E-state index contributed by atoms with van der Waals surface area (Å²) in [6.07, 6.45) is 0. The molecule has 0 fully saturated rings. The Balaban J connectivity index is 2.88. The summed E-state index contributed by atoms with van der Waals surface area (Å²) >= 11 is 0. The molecule has 2 nitrogen and oxygen atoms in total. The van der Waals surface area contributed by atoms with E-state index in [1.807, 2.05) is 13.8 Å². The van der Waals surface area contributed by atoms with Crippen LogP contribution in [-0.2, 0) is 6.54 Å². The smallest absolute Gasteiger partial charge is 0.121 e. The van der Waals surface area contributed by atoms with Crippen molar-refractivity contribution in [1.29, 1.82) is 0 Å².